The van der Waals surface area contributed by atoms with Crippen LogP contribution in [-0.4, -0.2) is 24.1 Å². The van der Waals surface area contributed by atoms with E-state index in [9.17, 15) is 23.6 Å². The Kier molecular flexibility index (Phi) is 7.47. The average Bonchev–Trinajstić information content (AvgIpc) is 2.79. The number of hydrogen-bond donors (Lipinski definition) is 0. The van der Waals surface area contributed by atoms with Crippen LogP contribution in [0.15, 0.2) is 59.5 Å². The summed E-state index contributed by atoms with van der Waals surface area (Å²) in [7, 11) is 1.53. The molecule has 164 valence electrons. The normalized spacial score (nSPS) is 10.6. The number of carbonyl (C=O) groups is 1. The van der Waals surface area contributed by atoms with Crippen LogP contribution in [-0.2, 0) is 17.9 Å². The lowest BCUT2D eigenvalue weighted by Crippen LogP contribution is -2.24. The molecule has 0 spiro atoms. The van der Waals surface area contributed by atoms with Gasteiger partial charge in [0.25, 0.3) is 5.56 Å². The minimum Gasteiger partial charge on any atom is -0.488 e. The summed E-state index contributed by atoms with van der Waals surface area (Å²) in [6.45, 7) is 0.604. The maximum atomic E-state index is 14.0. The number of pyridine rings is 1. The highest BCUT2D eigenvalue weighted by Gasteiger charge is 2.19. The van der Waals surface area contributed by atoms with Crippen molar-refractivity contribution >= 4 is 5.78 Å². The first-order chi connectivity index (χ1) is 15.4. The van der Waals surface area contributed by atoms with Gasteiger partial charge in [0.1, 0.15) is 35.6 Å². The summed E-state index contributed by atoms with van der Waals surface area (Å²) >= 11 is 0. The Balaban J connectivity index is 1.94. The summed E-state index contributed by atoms with van der Waals surface area (Å²) in [5.41, 5.74) is -0.229. The number of nitriles is 1. The molecule has 0 atom stereocenters. The van der Waals surface area contributed by atoms with Crippen molar-refractivity contribution < 1.29 is 23.0 Å². The van der Waals surface area contributed by atoms with Gasteiger partial charge in [-0.1, -0.05) is 12.1 Å². The van der Waals surface area contributed by atoms with E-state index in [0.29, 0.717) is 18.6 Å². The van der Waals surface area contributed by atoms with Crippen molar-refractivity contribution in [1.82, 2.24) is 4.57 Å². The number of aryl methyl sites for hydroxylation is 1. The number of aromatic nitrogens is 1. The molecule has 0 aliphatic heterocycles. The molecule has 1 aromatic heterocycles. The van der Waals surface area contributed by atoms with Gasteiger partial charge in [-0.3, -0.25) is 9.59 Å². The van der Waals surface area contributed by atoms with E-state index < -0.39 is 23.0 Å². The molecule has 0 unspecified atom stereocenters. The Bertz CT molecular complexity index is 1230. The number of halogens is 2. The van der Waals surface area contributed by atoms with E-state index in [2.05, 4.69) is 0 Å². The Morgan fingerprint density at radius 1 is 1.12 bits per heavy atom. The molecular weight excluding hydrogens is 418 g/mol. The molecule has 32 heavy (non-hydrogen) atoms. The monoisotopic (exact) mass is 438 g/mol. The Morgan fingerprint density at radius 2 is 1.91 bits per heavy atom. The van der Waals surface area contributed by atoms with Crippen LogP contribution in [0.5, 0.6) is 5.75 Å². The van der Waals surface area contributed by atoms with E-state index in [0.717, 1.165) is 12.1 Å². The van der Waals surface area contributed by atoms with Crippen LogP contribution in [0, 0.1) is 23.0 Å². The first kappa shape index (κ1) is 22.8. The number of carbonyl (C=O) groups excluding carboxylic acids is 1. The van der Waals surface area contributed by atoms with Gasteiger partial charge >= 0.3 is 0 Å². The molecule has 0 saturated heterocycles. The third kappa shape index (κ3) is 5.45. The van der Waals surface area contributed by atoms with Crippen LogP contribution in [0.4, 0.5) is 8.78 Å². The number of hydrogen-bond acceptors (Lipinski definition) is 5. The predicted molar refractivity (Wildman–Crippen MR) is 112 cm³/mol. The van der Waals surface area contributed by atoms with Gasteiger partial charge in [0.15, 0.2) is 5.78 Å². The zero-order valence-electron chi connectivity index (χ0n) is 17.3. The summed E-state index contributed by atoms with van der Waals surface area (Å²) in [5.74, 6) is -1.60. The molecule has 0 amide bonds. The van der Waals surface area contributed by atoms with Gasteiger partial charge in [0, 0.05) is 32.0 Å². The third-order valence-electron chi connectivity index (χ3n) is 4.69. The molecule has 8 heteroatoms. The highest BCUT2D eigenvalue weighted by molar-refractivity contribution is 6.10. The van der Waals surface area contributed by atoms with Crippen LogP contribution >= 0.6 is 0 Å². The van der Waals surface area contributed by atoms with Crippen molar-refractivity contribution in [3.05, 3.63) is 99.0 Å². The Hall–Kier alpha value is -3.83. The van der Waals surface area contributed by atoms with Gasteiger partial charge in [0.2, 0.25) is 0 Å². The largest absolute Gasteiger partial charge is 0.488 e. The maximum absolute atomic E-state index is 14.0. The zero-order valence-corrected chi connectivity index (χ0v) is 17.3. The lowest BCUT2D eigenvalue weighted by atomic mass is 10.0. The van der Waals surface area contributed by atoms with E-state index in [4.69, 9.17) is 9.47 Å². The van der Waals surface area contributed by atoms with Gasteiger partial charge < -0.3 is 14.0 Å². The molecule has 0 aliphatic rings. The van der Waals surface area contributed by atoms with Gasteiger partial charge in [-0.2, -0.15) is 5.26 Å². The van der Waals surface area contributed by atoms with Crippen molar-refractivity contribution in [2.75, 3.05) is 13.7 Å². The molecule has 0 bridgehead atoms. The summed E-state index contributed by atoms with van der Waals surface area (Å²) in [5, 5.41) is 9.31. The molecule has 6 nitrogen and oxygen atoms in total. The number of rotatable bonds is 9. The number of nitrogens with zero attached hydrogens (tertiary/aromatic N) is 2. The topological polar surface area (TPSA) is 81.3 Å². The molecular formula is C24H20F2N2O4. The molecule has 1 heterocycles. The first-order valence-corrected chi connectivity index (χ1v) is 9.78. The second-order valence-electron chi connectivity index (χ2n) is 6.99. The number of benzene rings is 2. The van der Waals surface area contributed by atoms with Gasteiger partial charge in [-0.05, 0) is 48.4 Å². The SMILES string of the molecule is COCCCn1cc(C(=O)c2cc(F)ccc2OCc2cccc(F)c2)cc(C#N)c1=O. The number of ketones is 1. The smallest absolute Gasteiger partial charge is 0.268 e. The standard InChI is InChI=1S/C24H20F2N2O4/c1-31-9-3-8-28-14-18(11-17(13-27)24(28)30)23(29)21-12-20(26)6-7-22(21)32-15-16-4-2-5-19(25)10-16/h2,4-7,10-12,14H,3,8-9,15H2,1H3. The van der Waals surface area contributed by atoms with E-state index in [1.54, 1.807) is 12.1 Å². The molecule has 3 rings (SSSR count). The molecule has 3 aromatic rings. The van der Waals surface area contributed by atoms with E-state index in [1.807, 2.05) is 0 Å². The average molecular weight is 438 g/mol. The highest BCUT2D eigenvalue weighted by atomic mass is 19.1. The summed E-state index contributed by atoms with van der Waals surface area (Å²) in [6, 6.07) is 12.2. The minimum atomic E-state index is -0.652. The summed E-state index contributed by atoms with van der Waals surface area (Å²) in [4.78, 5) is 25.6. The first-order valence-electron chi connectivity index (χ1n) is 9.78. The van der Waals surface area contributed by atoms with Crippen LogP contribution in [0.2, 0.25) is 0 Å². The van der Waals surface area contributed by atoms with Gasteiger partial charge in [0.05, 0.1) is 5.56 Å². The molecule has 0 radical (unpaired) electrons. The summed E-state index contributed by atoms with van der Waals surface area (Å²) < 4.78 is 39.3. The fraction of sp³-hybridized carbons (Fsp3) is 0.208. The van der Waals surface area contributed by atoms with Gasteiger partial charge in [-0.15, -0.1) is 0 Å². The third-order valence-corrected chi connectivity index (χ3v) is 4.69. The fourth-order valence-corrected chi connectivity index (χ4v) is 3.13. The maximum Gasteiger partial charge on any atom is 0.268 e. The predicted octanol–water partition coefficient (Wildman–Crippen LogP) is 3.84. The van der Waals surface area contributed by atoms with E-state index in [1.165, 1.54) is 48.2 Å². The van der Waals surface area contributed by atoms with Crippen molar-refractivity contribution in [3.8, 4) is 11.8 Å². The van der Waals surface area contributed by atoms with Crippen LogP contribution in [0.1, 0.15) is 33.5 Å². The van der Waals surface area contributed by atoms with E-state index in [-0.39, 0.29) is 35.6 Å². The Morgan fingerprint density at radius 3 is 2.62 bits per heavy atom. The lowest BCUT2D eigenvalue weighted by molar-refractivity contribution is 0.103. The summed E-state index contributed by atoms with van der Waals surface area (Å²) in [6.07, 6.45) is 1.84. The van der Waals surface area contributed by atoms with Crippen molar-refractivity contribution in [2.24, 2.45) is 0 Å². The second kappa shape index (κ2) is 10.5. The van der Waals surface area contributed by atoms with E-state index >= 15 is 0 Å². The van der Waals surface area contributed by atoms with Crippen LogP contribution < -0.4 is 10.3 Å². The molecule has 0 fully saturated rings. The lowest BCUT2D eigenvalue weighted by Gasteiger charge is -2.13. The number of ether oxygens (including phenoxy) is 2. The second-order valence-corrected chi connectivity index (χ2v) is 6.99. The quantitative estimate of drug-likeness (QED) is 0.375. The zero-order chi connectivity index (χ0) is 23.1. The Labute approximate surface area is 183 Å². The molecule has 0 aliphatic carbocycles. The highest BCUT2D eigenvalue weighted by Crippen LogP contribution is 2.24. The van der Waals surface area contributed by atoms with Crippen molar-refractivity contribution in [3.63, 3.8) is 0 Å². The molecule has 0 N–H and O–H groups in total. The van der Waals surface area contributed by atoms with Crippen molar-refractivity contribution in [1.29, 1.82) is 5.26 Å². The van der Waals surface area contributed by atoms with Crippen molar-refractivity contribution in [2.45, 2.75) is 19.6 Å². The van der Waals surface area contributed by atoms with Crippen LogP contribution in [0.25, 0.3) is 0 Å². The number of methoxy groups -OCH3 is 1. The van der Waals surface area contributed by atoms with Gasteiger partial charge in [-0.25, -0.2) is 8.78 Å². The molecule has 0 saturated carbocycles. The minimum absolute atomic E-state index is 0.0381. The fourth-order valence-electron chi connectivity index (χ4n) is 3.13. The van der Waals surface area contributed by atoms with Crippen LogP contribution in [0.3, 0.4) is 0 Å². The molecule has 2 aromatic carbocycles.